The SMILES string of the molecule is C=C[C@H]1OC(C)(C)O[C@H]1C[C@@H](O)CCCCCCC. The number of aliphatic hydroxyl groups is 1. The average Bonchev–Trinajstić information content (AvgIpc) is 2.63. The molecule has 19 heavy (non-hydrogen) atoms. The van der Waals surface area contributed by atoms with Crippen LogP contribution in [0.25, 0.3) is 0 Å². The smallest absolute Gasteiger partial charge is 0.164 e. The molecule has 0 spiro atoms. The highest BCUT2D eigenvalue weighted by atomic mass is 16.7. The molecule has 0 aliphatic carbocycles. The van der Waals surface area contributed by atoms with Crippen molar-refractivity contribution in [1.82, 2.24) is 0 Å². The summed E-state index contributed by atoms with van der Waals surface area (Å²) in [6, 6.07) is 0. The first kappa shape index (κ1) is 16.7. The van der Waals surface area contributed by atoms with Crippen LogP contribution in [0, 0.1) is 0 Å². The van der Waals surface area contributed by atoms with Crippen molar-refractivity contribution in [3.63, 3.8) is 0 Å². The molecule has 0 amide bonds. The molecule has 112 valence electrons. The van der Waals surface area contributed by atoms with Gasteiger partial charge in [-0.2, -0.15) is 0 Å². The highest BCUT2D eigenvalue weighted by Crippen LogP contribution is 2.31. The molecule has 0 unspecified atom stereocenters. The molecule has 1 aliphatic rings. The minimum atomic E-state index is -0.565. The Morgan fingerprint density at radius 3 is 2.53 bits per heavy atom. The van der Waals surface area contributed by atoms with E-state index in [9.17, 15) is 5.11 Å². The molecule has 0 saturated carbocycles. The van der Waals surface area contributed by atoms with Gasteiger partial charge < -0.3 is 14.6 Å². The lowest BCUT2D eigenvalue weighted by atomic mass is 10.0. The first-order valence-corrected chi connectivity index (χ1v) is 7.64. The maximum absolute atomic E-state index is 10.1. The zero-order valence-corrected chi connectivity index (χ0v) is 12.7. The second-order valence-corrected chi connectivity index (χ2v) is 5.97. The molecule has 0 bridgehead atoms. The number of rotatable bonds is 9. The molecular weight excluding hydrogens is 240 g/mol. The van der Waals surface area contributed by atoms with Gasteiger partial charge in [0.1, 0.15) is 6.10 Å². The molecule has 0 aromatic heterocycles. The van der Waals surface area contributed by atoms with Gasteiger partial charge in [-0.1, -0.05) is 45.1 Å². The maximum Gasteiger partial charge on any atom is 0.164 e. The Hall–Kier alpha value is -0.380. The highest BCUT2D eigenvalue weighted by molar-refractivity contribution is 4.93. The van der Waals surface area contributed by atoms with Gasteiger partial charge in [-0.05, 0) is 20.3 Å². The molecule has 1 rings (SSSR count). The van der Waals surface area contributed by atoms with E-state index in [2.05, 4.69) is 13.5 Å². The topological polar surface area (TPSA) is 38.7 Å². The number of hydrogen-bond acceptors (Lipinski definition) is 3. The Labute approximate surface area is 118 Å². The quantitative estimate of drug-likeness (QED) is 0.511. The van der Waals surface area contributed by atoms with E-state index in [1.54, 1.807) is 6.08 Å². The standard InChI is InChI=1S/C16H30O3/c1-5-7-8-9-10-11-13(17)12-15-14(6-2)18-16(3,4)19-15/h6,13-15,17H,2,5,7-12H2,1,3-4H3/t13-,14+,15-/m0/s1. The van der Waals surface area contributed by atoms with E-state index in [0.29, 0.717) is 6.42 Å². The summed E-state index contributed by atoms with van der Waals surface area (Å²) in [5.41, 5.74) is 0. The van der Waals surface area contributed by atoms with Gasteiger partial charge in [0.05, 0.1) is 12.2 Å². The van der Waals surface area contributed by atoms with Crippen LogP contribution in [0.1, 0.15) is 65.7 Å². The third-order valence-corrected chi connectivity index (χ3v) is 3.60. The molecule has 1 saturated heterocycles. The van der Waals surface area contributed by atoms with Gasteiger partial charge in [0.25, 0.3) is 0 Å². The minimum absolute atomic E-state index is 0.0712. The fourth-order valence-electron chi connectivity index (χ4n) is 2.61. The fraction of sp³-hybridized carbons (Fsp3) is 0.875. The van der Waals surface area contributed by atoms with E-state index < -0.39 is 5.79 Å². The van der Waals surface area contributed by atoms with Crippen LogP contribution in [0.15, 0.2) is 12.7 Å². The summed E-state index contributed by atoms with van der Waals surface area (Å²) in [4.78, 5) is 0. The van der Waals surface area contributed by atoms with E-state index in [0.717, 1.165) is 12.8 Å². The molecular formula is C16H30O3. The van der Waals surface area contributed by atoms with Gasteiger partial charge in [-0.3, -0.25) is 0 Å². The Bertz CT molecular complexity index is 263. The Morgan fingerprint density at radius 1 is 1.21 bits per heavy atom. The van der Waals surface area contributed by atoms with Crippen LogP contribution in [0.4, 0.5) is 0 Å². The molecule has 1 N–H and O–H groups in total. The van der Waals surface area contributed by atoms with Crippen molar-refractivity contribution in [2.45, 2.75) is 89.8 Å². The molecule has 0 radical (unpaired) electrons. The van der Waals surface area contributed by atoms with Gasteiger partial charge in [-0.15, -0.1) is 6.58 Å². The number of unbranched alkanes of at least 4 members (excludes halogenated alkanes) is 4. The predicted molar refractivity (Wildman–Crippen MR) is 78.0 cm³/mol. The zero-order valence-electron chi connectivity index (χ0n) is 12.7. The van der Waals surface area contributed by atoms with E-state index in [-0.39, 0.29) is 18.3 Å². The monoisotopic (exact) mass is 270 g/mol. The first-order chi connectivity index (χ1) is 8.98. The summed E-state index contributed by atoms with van der Waals surface area (Å²) >= 11 is 0. The zero-order chi connectivity index (χ0) is 14.3. The van der Waals surface area contributed by atoms with E-state index in [1.165, 1.54) is 25.7 Å². The van der Waals surface area contributed by atoms with Gasteiger partial charge >= 0.3 is 0 Å². The summed E-state index contributed by atoms with van der Waals surface area (Å²) < 4.78 is 11.5. The molecule has 3 nitrogen and oxygen atoms in total. The number of ether oxygens (including phenoxy) is 2. The third-order valence-electron chi connectivity index (χ3n) is 3.60. The molecule has 0 aromatic rings. The highest BCUT2D eigenvalue weighted by Gasteiger charge is 2.40. The normalized spacial score (nSPS) is 27.4. The lowest BCUT2D eigenvalue weighted by Gasteiger charge is -2.19. The van der Waals surface area contributed by atoms with Crippen LogP contribution in [-0.2, 0) is 9.47 Å². The van der Waals surface area contributed by atoms with Gasteiger partial charge in [-0.25, -0.2) is 0 Å². The summed E-state index contributed by atoms with van der Waals surface area (Å²) in [5.74, 6) is -0.565. The molecule has 3 atom stereocenters. The van der Waals surface area contributed by atoms with Gasteiger partial charge in [0.15, 0.2) is 5.79 Å². The maximum atomic E-state index is 10.1. The second kappa shape index (κ2) is 8.03. The van der Waals surface area contributed by atoms with Crippen molar-refractivity contribution in [2.75, 3.05) is 0 Å². The molecule has 3 heteroatoms. The molecule has 1 heterocycles. The van der Waals surface area contributed by atoms with Crippen LogP contribution in [-0.4, -0.2) is 29.2 Å². The second-order valence-electron chi connectivity index (χ2n) is 5.97. The number of hydrogen-bond donors (Lipinski definition) is 1. The minimum Gasteiger partial charge on any atom is -0.393 e. The van der Waals surface area contributed by atoms with Crippen LogP contribution in [0.2, 0.25) is 0 Å². The summed E-state index contributed by atoms with van der Waals surface area (Å²) in [6.45, 7) is 9.79. The van der Waals surface area contributed by atoms with Crippen LogP contribution in [0.3, 0.4) is 0 Å². The third kappa shape index (κ3) is 6.07. The lowest BCUT2D eigenvalue weighted by molar-refractivity contribution is -0.145. The van der Waals surface area contributed by atoms with Crippen molar-refractivity contribution in [3.05, 3.63) is 12.7 Å². The average molecular weight is 270 g/mol. The summed E-state index contributed by atoms with van der Waals surface area (Å²) in [7, 11) is 0. The van der Waals surface area contributed by atoms with Crippen molar-refractivity contribution < 1.29 is 14.6 Å². The van der Waals surface area contributed by atoms with E-state index in [4.69, 9.17) is 9.47 Å². The van der Waals surface area contributed by atoms with Crippen molar-refractivity contribution in [1.29, 1.82) is 0 Å². The van der Waals surface area contributed by atoms with E-state index >= 15 is 0 Å². The van der Waals surface area contributed by atoms with Crippen molar-refractivity contribution in [2.24, 2.45) is 0 Å². The van der Waals surface area contributed by atoms with E-state index in [1.807, 2.05) is 13.8 Å². The summed E-state index contributed by atoms with van der Waals surface area (Å²) in [6.07, 6.45) is 8.91. The number of aliphatic hydroxyl groups excluding tert-OH is 1. The lowest BCUT2D eigenvalue weighted by Crippen LogP contribution is -2.26. The molecule has 1 fully saturated rings. The first-order valence-electron chi connectivity index (χ1n) is 7.64. The Balaban J connectivity index is 2.24. The Kier molecular flexibility index (Phi) is 7.05. The van der Waals surface area contributed by atoms with Crippen LogP contribution >= 0.6 is 0 Å². The van der Waals surface area contributed by atoms with Crippen LogP contribution in [0.5, 0.6) is 0 Å². The van der Waals surface area contributed by atoms with Crippen molar-refractivity contribution in [3.8, 4) is 0 Å². The fourth-order valence-corrected chi connectivity index (χ4v) is 2.61. The Morgan fingerprint density at radius 2 is 1.89 bits per heavy atom. The van der Waals surface area contributed by atoms with Gasteiger partial charge in [0.2, 0.25) is 0 Å². The summed E-state index contributed by atoms with van der Waals surface area (Å²) in [5, 5.41) is 10.1. The van der Waals surface area contributed by atoms with Crippen molar-refractivity contribution >= 4 is 0 Å². The predicted octanol–water partition coefficient (Wildman–Crippen LogP) is 3.80. The van der Waals surface area contributed by atoms with Gasteiger partial charge in [0, 0.05) is 6.42 Å². The molecule has 0 aromatic carbocycles. The largest absolute Gasteiger partial charge is 0.393 e. The molecule has 1 aliphatic heterocycles. The van der Waals surface area contributed by atoms with Crippen LogP contribution < -0.4 is 0 Å².